The molecule has 0 spiro atoms. The maximum Gasteiger partial charge on any atom is 0.122 e. The van der Waals surface area contributed by atoms with Crippen molar-refractivity contribution >= 4 is 0 Å². The molecule has 4 heteroatoms. The Kier molecular flexibility index (Phi) is 4.44. The van der Waals surface area contributed by atoms with Gasteiger partial charge in [-0.15, -0.1) is 0 Å². The Morgan fingerprint density at radius 1 is 1.35 bits per heavy atom. The first-order chi connectivity index (χ1) is 9.76. The predicted molar refractivity (Wildman–Crippen MR) is 80.6 cm³/mol. The fourth-order valence-electron chi connectivity index (χ4n) is 3.02. The van der Waals surface area contributed by atoms with E-state index in [4.69, 9.17) is 4.42 Å². The van der Waals surface area contributed by atoms with Gasteiger partial charge in [-0.25, -0.2) is 0 Å². The van der Waals surface area contributed by atoms with Gasteiger partial charge >= 0.3 is 0 Å². The molecule has 1 aromatic heterocycles. The quantitative estimate of drug-likeness (QED) is 0.862. The van der Waals surface area contributed by atoms with E-state index in [-0.39, 0.29) is 0 Å². The smallest absolute Gasteiger partial charge is 0.122 e. The Bertz CT molecular complexity index is 427. The van der Waals surface area contributed by atoms with E-state index in [0.717, 1.165) is 31.4 Å². The molecule has 4 nitrogen and oxygen atoms in total. The van der Waals surface area contributed by atoms with E-state index < -0.39 is 0 Å². The van der Waals surface area contributed by atoms with E-state index in [0.29, 0.717) is 6.04 Å². The third-order valence-corrected chi connectivity index (χ3v) is 4.69. The van der Waals surface area contributed by atoms with Gasteiger partial charge < -0.3 is 14.6 Å². The van der Waals surface area contributed by atoms with Crippen molar-refractivity contribution in [2.24, 2.45) is 0 Å². The summed E-state index contributed by atoms with van der Waals surface area (Å²) in [6.45, 7) is 7.71. The van der Waals surface area contributed by atoms with E-state index >= 15 is 0 Å². The lowest BCUT2D eigenvalue weighted by Crippen LogP contribution is -2.50. The molecule has 112 valence electrons. The Morgan fingerprint density at radius 3 is 2.95 bits per heavy atom. The normalized spacial score (nSPS) is 25.2. The molecule has 1 aliphatic carbocycles. The van der Waals surface area contributed by atoms with Crippen molar-refractivity contribution in [1.82, 2.24) is 15.1 Å². The Labute approximate surface area is 122 Å². The molecule has 1 saturated carbocycles. The van der Waals surface area contributed by atoms with Crippen LogP contribution in [0.25, 0.3) is 0 Å². The summed E-state index contributed by atoms with van der Waals surface area (Å²) in [6.07, 6.45) is 5.72. The zero-order valence-electron chi connectivity index (χ0n) is 12.8. The summed E-state index contributed by atoms with van der Waals surface area (Å²) >= 11 is 0. The minimum absolute atomic E-state index is 0.698. The molecule has 1 saturated heterocycles. The van der Waals surface area contributed by atoms with Crippen LogP contribution in [0.1, 0.15) is 37.5 Å². The number of nitrogens with one attached hydrogen (secondary N) is 1. The number of hydrogen-bond acceptors (Lipinski definition) is 4. The van der Waals surface area contributed by atoms with Crippen LogP contribution < -0.4 is 5.32 Å². The SMILES string of the molecule is CCC1CN(Cc2ccoc2CNC2CC2)CCN1C. The molecule has 2 heterocycles. The third kappa shape index (κ3) is 3.43. The fourth-order valence-corrected chi connectivity index (χ4v) is 3.02. The maximum atomic E-state index is 5.66. The number of rotatable bonds is 6. The number of furan rings is 1. The van der Waals surface area contributed by atoms with Crippen molar-refractivity contribution in [2.45, 2.75) is 51.4 Å². The molecule has 1 aliphatic heterocycles. The maximum absolute atomic E-state index is 5.66. The summed E-state index contributed by atoms with van der Waals surface area (Å²) in [5.74, 6) is 1.13. The van der Waals surface area contributed by atoms with E-state index in [2.05, 4.69) is 35.2 Å². The molecule has 3 rings (SSSR count). The van der Waals surface area contributed by atoms with Crippen LogP contribution in [0.15, 0.2) is 16.7 Å². The van der Waals surface area contributed by atoms with Crippen molar-refractivity contribution < 1.29 is 4.42 Å². The second-order valence-electron chi connectivity index (χ2n) is 6.30. The molecule has 1 aromatic rings. The highest BCUT2D eigenvalue weighted by atomic mass is 16.3. The fraction of sp³-hybridized carbons (Fsp3) is 0.750. The standard InChI is InChI=1S/C16H27N3O/c1-3-15-12-19(8-7-18(15)2)11-13-6-9-20-16(13)10-17-14-4-5-14/h6,9,14-15,17H,3-5,7-8,10-12H2,1-2H3. The van der Waals surface area contributed by atoms with Crippen LogP contribution in [-0.2, 0) is 13.1 Å². The molecule has 2 aliphatic rings. The van der Waals surface area contributed by atoms with Gasteiger partial charge in [0.2, 0.25) is 0 Å². The van der Waals surface area contributed by atoms with Gasteiger partial charge in [0.05, 0.1) is 12.8 Å². The Balaban J connectivity index is 1.55. The van der Waals surface area contributed by atoms with Gasteiger partial charge in [0, 0.05) is 43.8 Å². The Hall–Kier alpha value is -0.840. The molecule has 2 fully saturated rings. The topological polar surface area (TPSA) is 31.7 Å². The zero-order chi connectivity index (χ0) is 13.9. The van der Waals surface area contributed by atoms with Crippen LogP contribution >= 0.6 is 0 Å². The summed E-state index contributed by atoms with van der Waals surface area (Å²) < 4.78 is 5.66. The van der Waals surface area contributed by atoms with Crippen LogP contribution in [0, 0.1) is 0 Å². The van der Waals surface area contributed by atoms with Crippen molar-refractivity contribution in [2.75, 3.05) is 26.7 Å². The first-order valence-electron chi connectivity index (χ1n) is 7.97. The second kappa shape index (κ2) is 6.29. The minimum Gasteiger partial charge on any atom is -0.468 e. The van der Waals surface area contributed by atoms with Crippen LogP contribution in [0.2, 0.25) is 0 Å². The monoisotopic (exact) mass is 277 g/mol. The van der Waals surface area contributed by atoms with Crippen molar-refractivity contribution in [3.8, 4) is 0 Å². The highest BCUT2D eigenvalue weighted by Gasteiger charge is 2.24. The molecular weight excluding hydrogens is 250 g/mol. The lowest BCUT2D eigenvalue weighted by Gasteiger charge is -2.39. The van der Waals surface area contributed by atoms with Crippen LogP contribution in [-0.4, -0.2) is 48.6 Å². The number of nitrogens with zero attached hydrogens (tertiary/aromatic N) is 2. The molecular formula is C16H27N3O. The highest BCUT2D eigenvalue weighted by molar-refractivity contribution is 5.17. The lowest BCUT2D eigenvalue weighted by atomic mass is 10.1. The van der Waals surface area contributed by atoms with Gasteiger partial charge in [-0.2, -0.15) is 0 Å². The Morgan fingerprint density at radius 2 is 2.20 bits per heavy atom. The second-order valence-corrected chi connectivity index (χ2v) is 6.30. The van der Waals surface area contributed by atoms with Gasteiger partial charge in [-0.3, -0.25) is 4.90 Å². The average molecular weight is 277 g/mol. The van der Waals surface area contributed by atoms with Crippen LogP contribution in [0.4, 0.5) is 0 Å². The zero-order valence-corrected chi connectivity index (χ0v) is 12.8. The van der Waals surface area contributed by atoms with Gasteiger partial charge in [0.25, 0.3) is 0 Å². The van der Waals surface area contributed by atoms with E-state index in [1.54, 1.807) is 0 Å². The van der Waals surface area contributed by atoms with Gasteiger partial charge in [0.1, 0.15) is 5.76 Å². The average Bonchev–Trinajstić information content (AvgIpc) is 3.19. The first-order valence-corrected chi connectivity index (χ1v) is 7.97. The molecule has 0 bridgehead atoms. The van der Waals surface area contributed by atoms with Crippen molar-refractivity contribution in [1.29, 1.82) is 0 Å². The third-order valence-electron chi connectivity index (χ3n) is 4.69. The van der Waals surface area contributed by atoms with E-state index in [1.807, 2.05) is 6.26 Å². The summed E-state index contributed by atoms with van der Waals surface area (Å²) in [4.78, 5) is 5.06. The van der Waals surface area contributed by atoms with Gasteiger partial charge in [0.15, 0.2) is 0 Å². The summed E-state index contributed by atoms with van der Waals surface area (Å²) in [7, 11) is 2.24. The molecule has 1 atom stereocenters. The van der Waals surface area contributed by atoms with Crippen LogP contribution in [0.5, 0.6) is 0 Å². The molecule has 0 amide bonds. The van der Waals surface area contributed by atoms with E-state index in [1.165, 1.54) is 37.9 Å². The first kappa shape index (κ1) is 14.1. The van der Waals surface area contributed by atoms with E-state index in [9.17, 15) is 0 Å². The summed E-state index contributed by atoms with van der Waals surface area (Å²) in [5, 5.41) is 3.54. The van der Waals surface area contributed by atoms with Gasteiger partial charge in [-0.1, -0.05) is 6.92 Å². The number of piperazine rings is 1. The minimum atomic E-state index is 0.698. The summed E-state index contributed by atoms with van der Waals surface area (Å²) in [5.41, 5.74) is 1.36. The van der Waals surface area contributed by atoms with Gasteiger partial charge in [-0.05, 0) is 32.4 Å². The summed E-state index contributed by atoms with van der Waals surface area (Å²) in [6, 6.07) is 3.58. The molecule has 1 N–H and O–H groups in total. The van der Waals surface area contributed by atoms with Crippen molar-refractivity contribution in [3.05, 3.63) is 23.7 Å². The molecule has 0 aromatic carbocycles. The van der Waals surface area contributed by atoms with Crippen LogP contribution in [0.3, 0.4) is 0 Å². The number of likely N-dealkylation sites (N-methyl/N-ethyl adjacent to an activating group) is 1. The predicted octanol–water partition coefficient (Wildman–Crippen LogP) is 2.06. The number of hydrogen-bond donors (Lipinski definition) is 1. The highest BCUT2D eigenvalue weighted by Crippen LogP contribution is 2.21. The molecule has 20 heavy (non-hydrogen) atoms. The molecule has 0 radical (unpaired) electrons. The van der Waals surface area contributed by atoms with Crippen molar-refractivity contribution in [3.63, 3.8) is 0 Å². The lowest BCUT2D eigenvalue weighted by molar-refractivity contribution is 0.0879. The largest absolute Gasteiger partial charge is 0.468 e. The molecule has 1 unspecified atom stereocenters.